The van der Waals surface area contributed by atoms with Gasteiger partial charge in [-0.2, -0.15) is 0 Å². The molecule has 1 unspecified atom stereocenters. The molecule has 0 aromatic carbocycles. The van der Waals surface area contributed by atoms with Crippen molar-refractivity contribution in [2.75, 3.05) is 6.54 Å². The molecule has 0 saturated carbocycles. The molecule has 5 N–H and O–H groups in total. The zero-order chi connectivity index (χ0) is 11.6. The molecule has 0 saturated heterocycles. The molecule has 0 aliphatic rings. The maximum absolute atomic E-state index is 10.1. The van der Waals surface area contributed by atoms with Crippen molar-refractivity contribution < 1.29 is 84.0 Å². The van der Waals surface area contributed by atoms with Gasteiger partial charge in [0, 0.05) is 0 Å². The number of aliphatic carboxylic acids is 1. The van der Waals surface area contributed by atoms with E-state index in [1.807, 2.05) is 0 Å². The summed E-state index contributed by atoms with van der Waals surface area (Å²) in [5, 5.41) is 25.0. The Labute approximate surface area is 138 Å². The van der Waals surface area contributed by atoms with E-state index in [1.54, 1.807) is 0 Å². The van der Waals surface area contributed by atoms with Crippen LogP contribution >= 0.6 is 0 Å². The Hall–Kier alpha value is 0.660. The number of hydrogen-bond acceptors (Lipinski definition) is 6. The molecule has 84 valence electrons. The van der Waals surface area contributed by atoms with Crippen LogP contribution in [0.15, 0.2) is 0 Å². The Balaban J connectivity index is -0.000000105. The molecule has 0 radical (unpaired) electrons. The van der Waals surface area contributed by atoms with E-state index in [1.165, 1.54) is 0 Å². The zero-order valence-electron chi connectivity index (χ0n) is 9.64. The fourth-order valence-electron chi connectivity index (χ4n) is 0.632. The predicted octanol–water partition coefficient (Wildman–Crippen LogP) is -8.91. The molecule has 16 heavy (non-hydrogen) atoms. The first kappa shape index (κ1) is 25.5. The van der Waals surface area contributed by atoms with Gasteiger partial charge in [-0.15, -0.1) is 0 Å². The molecular formula is C7H14N2Na2O5. The minimum Gasteiger partial charge on any atom is -0.652 e. The maximum Gasteiger partial charge on any atom is 1.00 e. The van der Waals surface area contributed by atoms with E-state index >= 15 is 0 Å². The summed E-state index contributed by atoms with van der Waals surface area (Å²) in [6, 6.07) is -0.716. The molecule has 0 rings (SSSR count). The number of nitrogens with two attached hydrogens (primary N) is 2. The molecular weight excluding hydrogens is 238 g/mol. The van der Waals surface area contributed by atoms with Crippen LogP contribution in [0.4, 0.5) is 4.79 Å². The van der Waals surface area contributed by atoms with Crippen LogP contribution in [0, 0.1) is 0 Å². The number of carbonyl (C=O) groups excluding carboxylic acids is 1. The van der Waals surface area contributed by atoms with Crippen LogP contribution in [-0.2, 0) is 4.79 Å². The van der Waals surface area contributed by atoms with Gasteiger partial charge in [0.25, 0.3) is 0 Å². The second kappa shape index (κ2) is 18.0. The van der Waals surface area contributed by atoms with Gasteiger partial charge in [-0.05, 0) is 25.5 Å². The van der Waals surface area contributed by atoms with E-state index in [4.69, 9.17) is 31.6 Å². The van der Waals surface area contributed by atoms with Gasteiger partial charge in [0.1, 0.15) is 6.04 Å². The summed E-state index contributed by atoms with van der Waals surface area (Å²) in [5.74, 6) is -0.933. The summed E-state index contributed by atoms with van der Waals surface area (Å²) in [4.78, 5) is 18.5. The van der Waals surface area contributed by atoms with E-state index in [-0.39, 0.29) is 59.1 Å². The summed E-state index contributed by atoms with van der Waals surface area (Å²) in [6.45, 7) is 0.604. The van der Waals surface area contributed by atoms with Gasteiger partial charge in [0.05, 0.1) is 0 Å². The van der Waals surface area contributed by atoms with E-state index in [2.05, 4.69) is 0 Å². The fourth-order valence-corrected chi connectivity index (χ4v) is 0.632. The van der Waals surface area contributed by atoms with Crippen LogP contribution in [-0.4, -0.2) is 29.8 Å². The second-order valence-electron chi connectivity index (χ2n) is 2.48. The molecule has 9 heteroatoms. The Morgan fingerprint density at radius 3 is 1.81 bits per heavy atom. The minimum absolute atomic E-state index is 0. The van der Waals surface area contributed by atoms with Crippen molar-refractivity contribution in [3.8, 4) is 0 Å². The van der Waals surface area contributed by atoms with Crippen molar-refractivity contribution in [3.63, 3.8) is 0 Å². The SMILES string of the molecule is NCCCCC(N)C(=O)O.O=C([O-])[O-].[Na+].[Na+]. The summed E-state index contributed by atoms with van der Waals surface area (Å²) in [5.41, 5.74) is 10.4. The van der Waals surface area contributed by atoms with Gasteiger partial charge in [0.15, 0.2) is 0 Å². The molecule has 0 amide bonds. The zero-order valence-corrected chi connectivity index (χ0v) is 13.6. The number of hydrogen-bond donors (Lipinski definition) is 3. The Morgan fingerprint density at radius 1 is 1.19 bits per heavy atom. The Bertz CT molecular complexity index is 178. The molecule has 0 aromatic rings. The molecule has 1 atom stereocenters. The molecule has 0 bridgehead atoms. The minimum atomic E-state index is -2.33. The van der Waals surface area contributed by atoms with Crippen molar-refractivity contribution in [1.29, 1.82) is 0 Å². The summed E-state index contributed by atoms with van der Waals surface area (Å²) in [6.07, 6.45) is -0.169. The van der Waals surface area contributed by atoms with E-state index in [0.717, 1.165) is 12.8 Å². The number of carboxylic acid groups (broad SMARTS) is 3. The van der Waals surface area contributed by atoms with Gasteiger partial charge in [-0.25, -0.2) is 0 Å². The number of rotatable bonds is 5. The Morgan fingerprint density at radius 2 is 1.56 bits per heavy atom. The van der Waals surface area contributed by atoms with Crippen molar-refractivity contribution in [2.24, 2.45) is 11.5 Å². The molecule has 0 aliphatic carbocycles. The quantitative estimate of drug-likeness (QED) is 0.324. The normalized spacial score (nSPS) is 9.62. The number of carbonyl (C=O) groups is 2. The number of unbranched alkanes of at least 4 members (excludes halogenated alkanes) is 1. The van der Waals surface area contributed by atoms with Gasteiger partial charge >= 0.3 is 65.1 Å². The van der Waals surface area contributed by atoms with Crippen LogP contribution in [0.1, 0.15) is 19.3 Å². The van der Waals surface area contributed by atoms with E-state index in [0.29, 0.717) is 13.0 Å². The van der Waals surface area contributed by atoms with Gasteiger partial charge in [0.2, 0.25) is 0 Å². The Kier molecular flexibility index (Phi) is 28.7. The molecule has 0 aliphatic heterocycles. The molecule has 0 heterocycles. The second-order valence-corrected chi connectivity index (χ2v) is 2.48. The van der Waals surface area contributed by atoms with Crippen LogP contribution in [0.25, 0.3) is 0 Å². The summed E-state index contributed by atoms with van der Waals surface area (Å²) < 4.78 is 0. The first-order valence-electron chi connectivity index (χ1n) is 3.98. The molecule has 7 nitrogen and oxygen atoms in total. The third-order valence-corrected chi connectivity index (χ3v) is 1.29. The molecule has 0 fully saturated rings. The van der Waals surface area contributed by atoms with Crippen molar-refractivity contribution in [3.05, 3.63) is 0 Å². The van der Waals surface area contributed by atoms with Crippen molar-refractivity contribution in [2.45, 2.75) is 25.3 Å². The topological polar surface area (TPSA) is 153 Å². The van der Waals surface area contributed by atoms with E-state index < -0.39 is 18.2 Å². The van der Waals surface area contributed by atoms with Crippen molar-refractivity contribution >= 4 is 12.1 Å². The summed E-state index contributed by atoms with van der Waals surface area (Å²) in [7, 11) is 0. The van der Waals surface area contributed by atoms with Crippen LogP contribution < -0.4 is 80.8 Å². The first-order chi connectivity index (χ1) is 6.41. The van der Waals surface area contributed by atoms with Gasteiger partial charge in [-0.1, -0.05) is 6.42 Å². The first-order valence-corrected chi connectivity index (χ1v) is 3.98. The standard InChI is InChI=1S/C6H14N2O2.CH2O3.2Na/c7-4-2-1-3-5(8)6(9)10;2-1(3)4;;/h5H,1-4,7-8H2,(H,9,10);(H2,2,3,4);;/q;;2*+1/p-2. The van der Waals surface area contributed by atoms with Gasteiger partial charge < -0.3 is 31.6 Å². The average Bonchev–Trinajstić information content (AvgIpc) is 2.03. The third kappa shape index (κ3) is 29.3. The maximum atomic E-state index is 10.1. The van der Waals surface area contributed by atoms with Crippen LogP contribution in [0.5, 0.6) is 0 Å². The molecule has 0 aromatic heterocycles. The molecule has 0 spiro atoms. The third-order valence-electron chi connectivity index (χ3n) is 1.29. The largest absolute Gasteiger partial charge is 1.00 e. The number of carboxylic acids is 1. The average molecular weight is 252 g/mol. The van der Waals surface area contributed by atoms with Crippen LogP contribution in [0.3, 0.4) is 0 Å². The summed E-state index contributed by atoms with van der Waals surface area (Å²) >= 11 is 0. The smallest absolute Gasteiger partial charge is 0.652 e. The fraction of sp³-hybridized carbons (Fsp3) is 0.714. The van der Waals surface area contributed by atoms with E-state index in [9.17, 15) is 4.79 Å². The van der Waals surface area contributed by atoms with Crippen molar-refractivity contribution in [1.82, 2.24) is 0 Å². The van der Waals surface area contributed by atoms with Gasteiger partial charge in [-0.3, -0.25) is 4.79 Å². The van der Waals surface area contributed by atoms with Crippen LogP contribution in [0.2, 0.25) is 0 Å². The predicted molar refractivity (Wildman–Crippen MR) is 43.9 cm³/mol. The monoisotopic (exact) mass is 252 g/mol.